The van der Waals surface area contributed by atoms with E-state index in [-0.39, 0.29) is 49.1 Å². The molecule has 0 aliphatic rings. The van der Waals surface area contributed by atoms with Crippen molar-refractivity contribution < 1.29 is 18.7 Å². The maximum Gasteiger partial charge on any atom is 0.253 e. The number of hydrogen-bond acceptors (Lipinski definition) is 4. The van der Waals surface area contributed by atoms with E-state index in [0.29, 0.717) is 11.3 Å². The van der Waals surface area contributed by atoms with Crippen LogP contribution in [0.1, 0.15) is 42.4 Å². The summed E-state index contributed by atoms with van der Waals surface area (Å²) in [4.78, 5) is 16.6. The Labute approximate surface area is 181 Å². The van der Waals surface area contributed by atoms with E-state index in [0.717, 1.165) is 18.2 Å². The fourth-order valence-corrected chi connectivity index (χ4v) is 2.65. The van der Waals surface area contributed by atoms with E-state index >= 15 is 0 Å². The van der Waals surface area contributed by atoms with E-state index < -0.39 is 29.3 Å². The first kappa shape index (κ1) is 27.2. The monoisotopic (exact) mass is 449 g/mol. The van der Waals surface area contributed by atoms with Gasteiger partial charge in [-0.3, -0.25) is 9.78 Å². The number of nitrogens with two attached hydrogens (primary N) is 1. The van der Waals surface area contributed by atoms with Gasteiger partial charge in [0, 0.05) is 24.2 Å². The van der Waals surface area contributed by atoms with Crippen LogP contribution in [-0.2, 0) is 12.8 Å². The van der Waals surface area contributed by atoms with Crippen molar-refractivity contribution in [3.05, 3.63) is 65.0 Å². The zero-order valence-electron chi connectivity index (χ0n) is 16.5. The van der Waals surface area contributed by atoms with Crippen molar-refractivity contribution in [2.45, 2.75) is 51.3 Å². The maximum absolute atomic E-state index is 13.8. The molecule has 0 saturated heterocycles. The number of aliphatic hydroxyl groups excluding tert-OH is 1. The number of benzene rings is 1. The lowest BCUT2D eigenvalue weighted by Gasteiger charge is -2.23. The first-order valence-corrected chi connectivity index (χ1v) is 8.71. The standard InChI is InChI=1S/C20H25F2N3O2.2ClH/c1-20(2,3)25-19(27)14-5-4-8-24-17(14)11-18(26)16(23)10-12-9-13(21)6-7-15(12)22;;/h4-9,16,18,26H,10-11,23H2,1-3H3,(H,25,27);2*1H/t16-,18+;;/m1../s1. The number of aliphatic hydroxyl groups is 1. The van der Waals surface area contributed by atoms with E-state index in [9.17, 15) is 18.7 Å². The van der Waals surface area contributed by atoms with E-state index in [1.54, 1.807) is 12.1 Å². The number of pyridine rings is 1. The Morgan fingerprint density at radius 3 is 2.48 bits per heavy atom. The van der Waals surface area contributed by atoms with Gasteiger partial charge in [-0.05, 0) is 63.1 Å². The Balaban J connectivity index is 0.00000392. The number of carbonyl (C=O) groups excluding carboxylic acids is 1. The smallest absolute Gasteiger partial charge is 0.253 e. The topological polar surface area (TPSA) is 88.2 Å². The molecule has 2 atom stereocenters. The molecule has 1 aromatic carbocycles. The van der Waals surface area contributed by atoms with Crippen LogP contribution in [0.2, 0.25) is 0 Å². The normalized spacial score (nSPS) is 12.9. The summed E-state index contributed by atoms with van der Waals surface area (Å²) in [6, 6.07) is 5.52. The van der Waals surface area contributed by atoms with Gasteiger partial charge in [0.1, 0.15) is 11.6 Å². The third-order valence-corrected chi connectivity index (χ3v) is 3.98. The highest BCUT2D eigenvalue weighted by Gasteiger charge is 2.23. The molecule has 0 fully saturated rings. The van der Waals surface area contributed by atoms with Crippen LogP contribution in [0.4, 0.5) is 8.78 Å². The molecule has 0 aliphatic heterocycles. The average Bonchev–Trinajstić information content (AvgIpc) is 2.57. The summed E-state index contributed by atoms with van der Waals surface area (Å²) in [5.41, 5.74) is 6.38. The number of rotatable bonds is 6. The predicted octanol–water partition coefficient (Wildman–Crippen LogP) is 3.21. The zero-order chi connectivity index (χ0) is 20.2. The van der Waals surface area contributed by atoms with Crippen molar-refractivity contribution in [2.75, 3.05) is 0 Å². The van der Waals surface area contributed by atoms with Crippen LogP contribution in [0.15, 0.2) is 36.5 Å². The molecule has 9 heteroatoms. The van der Waals surface area contributed by atoms with Gasteiger partial charge < -0.3 is 16.2 Å². The molecule has 0 aliphatic carbocycles. The maximum atomic E-state index is 13.8. The highest BCUT2D eigenvalue weighted by Crippen LogP contribution is 2.16. The third-order valence-electron chi connectivity index (χ3n) is 3.98. The second-order valence-electron chi connectivity index (χ2n) is 7.58. The Morgan fingerprint density at radius 2 is 1.86 bits per heavy atom. The third kappa shape index (κ3) is 8.22. The predicted molar refractivity (Wildman–Crippen MR) is 114 cm³/mol. The van der Waals surface area contributed by atoms with Crippen molar-refractivity contribution in [1.29, 1.82) is 0 Å². The second kappa shape index (κ2) is 11.4. The molecule has 1 aromatic heterocycles. The van der Waals surface area contributed by atoms with Crippen molar-refractivity contribution in [1.82, 2.24) is 10.3 Å². The SMILES string of the molecule is CC(C)(C)NC(=O)c1cccnc1C[C@H](O)[C@H](N)Cc1cc(F)ccc1F.Cl.Cl. The molecule has 1 heterocycles. The van der Waals surface area contributed by atoms with E-state index in [2.05, 4.69) is 10.3 Å². The molecular formula is C20H27Cl2F2N3O2. The van der Waals surface area contributed by atoms with Gasteiger partial charge in [-0.25, -0.2) is 8.78 Å². The summed E-state index contributed by atoms with van der Waals surface area (Å²) in [5.74, 6) is -1.45. The Kier molecular flexibility index (Phi) is 10.7. The summed E-state index contributed by atoms with van der Waals surface area (Å²) in [7, 11) is 0. The molecule has 0 spiro atoms. The first-order valence-electron chi connectivity index (χ1n) is 8.71. The van der Waals surface area contributed by atoms with Crippen LogP contribution in [-0.4, -0.2) is 33.7 Å². The van der Waals surface area contributed by atoms with Crippen LogP contribution in [0.5, 0.6) is 0 Å². The van der Waals surface area contributed by atoms with E-state index in [4.69, 9.17) is 5.73 Å². The van der Waals surface area contributed by atoms with Gasteiger partial charge in [0.25, 0.3) is 5.91 Å². The summed E-state index contributed by atoms with van der Waals surface area (Å²) >= 11 is 0. The van der Waals surface area contributed by atoms with Gasteiger partial charge in [-0.2, -0.15) is 0 Å². The van der Waals surface area contributed by atoms with Crippen molar-refractivity contribution >= 4 is 30.7 Å². The second-order valence-corrected chi connectivity index (χ2v) is 7.58. The molecule has 0 saturated carbocycles. The largest absolute Gasteiger partial charge is 0.391 e. The fraction of sp³-hybridized carbons (Fsp3) is 0.400. The highest BCUT2D eigenvalue weighted by molar-refractivity contribution is 5.95. The van der Waals surface area contributed by atoms with Crippen molar-refractivity contribution in [3.8, 4) is 0 Å². The first-order chi connectivity index (χ1) is 12.6. The van der Waals surface area contributed by atoms with Gasteiger partial charge in [-0.1, -0.05) is 0 Å². The van der Waals surface area contributed by atoms with Crippen LogP contribution in [0.25, 0.3) is 0 Å². The van der Waals surface area contributed by atoms with Crippen molar-refractivity contribution in [3.63, 3.8) is 0 Å². The lowest BCUT2D eigenvalue weighted by Crippen LogP contribution is -2.42. The Morgan fingerprint density at radius 1 is 1.21 bits per heavy atom. The lowest BCUT2D eigenvalue weighted by molar-refractivity contribution is 0.0916. The quantitative estimate of drug-likeness (QED) is 0.631. The summed E-state index contributed by atoms with van der Waals surface area (Å²) < 4.78 is 27.1. The molecule has 0 bridgehead atoms. The summed E-state index contributed by atoms with van der Waals surface area (Å²) in [5, 5.41) is 13.3. The number of nitrogens with zero attached hydrogens (tertiary/aromatic N) is 1. The van der Waals surface area contributed by atoms with Crippen LogP contribution in [0, 0.1) is 11.6 Å². The zero-order valence-corrected chi connectivity index (χ0v) is 18.1. The van der Waals surface area contributed by atoms with Gasteiger partial charge in [0.2, 0.25) is 0 Å². The Hall–Kier alpha value is -1.80. The van der Waals surface area contributed by atoms with Gasteiger partial charge >= 0.3 is 0 Å². The lowest BCUT2D eigenvalue weighted by atomic mass is 9.96. The molecule has 0 radical (unpaired) electrons. The molecule has 1 amide bonds. The molecule has 2 aromatic rings. The van der Waals surface area contributed by atoms with Gasteiger partial charge in [-0.15, -0.1) is 24.8 Å². The minimum absolute atomic E-state index is 0. The Bertz CT molecular complexity index is 817. The molecule has 5 nitrogen and oxygen atoms in total. The summed E-state index contributed by atoms with van der Waals surface area (Å²) in [6.45, 7) is 5.58. The van der Waals surface area contributed by atoms with Gasteiger partial charge in [0.05, 0.1) is 17.4 Å². The number of aromatic nitrogens is 1. The molecule has 162 valence electrons. The number of amides is 1. The molecular weight excluding hydrogens is 423 g/mol. The number of carbonyl (C=O) groups is 1. The molecule has 2 rings (SSSR count). The number of halogens is 4. The average molecular weight is 450 g/mol. The van der Waals surface area contributed by atoms with Crippen LogP contribution < -0.4 is 11.1 Å². The molecule has 0 unspecified atom stereocenters. The van der Waals surface area contributed by atoms with Gasteiger partial charge in [0.15, 0.2) is 0 Å². The summed E-state index contributed by atoms with van der Waals surface area (Å²) in [6.07, 6.45) is 0.421. The van der Waals surface area contributed by atoms with E-state index in [1.807, 2.05) is 20.8 Å². The van der Waals surface area contributed by atoms with Crippen molar-refractivity contribution in [2.24, 2.45) is 5.73 Å². The number of hydrogen-bond donors (Lipinski definition) is 3. The molecule has 29 heavy (non-hydrogen) atoms. The number of nitrogens with one attached hydrogen (secondary N) is 1. The minimum Gasteiger partial charge on any atom is -0.391 e. The van der Waals surface area contributed by atoms with E-state index in [1.165, 1.54) is 6.20 Å². The van der Waals surface area contributed by atoms with Crippen LogP contribution in [0.3, 0.4) is 0 Å². The molecule has 4 N–H and O–H groups in total. The van der Waals surface area contributed by atoms with Crippen LogP contribution >= 0.6 is 24.8 Å². The fourth-order valence-electron chi connectivity index (χ4n) is 2.65. The minimum atomic E-state index is -1.08. The highest BCUT2D eigenvalue weighted by atomic mass is 35.5.